The number of rotatable bonds is 2. The fraction of sp³-hybridized carbons (Fsp3) is 0.0909. The van der Waals surface area contributed by atoms with Gasteiger partial charge in [0.15, 0.2) is 0 Å². The van der Waals surface area contributed by atoms with E-state index in [1.54, 1.807) is 12.5 Å². The average Bonchev–Trinajstić information content (AvgIpc) is 2.71. The van der Waals surface area contributed by atoms with Crippen LogP contribution in [0.5, 0.6) is 0 Å². The quantitative estimate of drug-likeness (QED) is 0.754. The summed E-state index contributed by atoms with van der Waals surface area (Å²) in [4.78, 5) is 0. The minimum Gasteiger partial charge on any atom is -0.471 e. The summed E-state index contributed by atoms with van der Waals surface area (Å²) in [7, 11) is 0. The van der Waals surface area contributed by atoms with Crippen molar-refractivity contribution in [3.63, 3.8) is 0 Å². The highest BCUT2D eigenvalue weighted by molar-refractivity contribution is 5.61. The van der Waals surface area contributed by atoms with Crippen molar-refractivity contribution in [2.45, 2.75) is 6.54 Å². The third-order valence-corrected chi connectivity index (χ3v) is 1.97. The number of hydrogen-bond acceptors (Lipinski definition) is 2. The zero-order chi connectivity index (χ0) is 9.10. The third-order valence-electron chi connectivity index (χ3n) is 1.97. The van der Waals surface area contributed by atoms with Crippen LogP contribution >= 0.6 is 0 Å². The Hall–Kier alpha value is -1.54. The molecule has 0 unspecified atom stereocenters. The molecule has 1 aromatic carbocycles. The van der Waals surface area contributed by atoms with Gasteiger partial charge in [-0.3, -0.25) is 0 Å². The summed E-state index contributed by atoms with van der Waals surface area (Å²) in [5, 5.41) is 0. The van der Waals surface area contributed by atoms with Crippen molar-refractivity contribution >= 4 is 0 Å². The highest BCUT2D eigenvalue weighted by Gasteiger charge is 1.98. The second-order valence-electron chi connectivity index (χ2n) is 2.83. The average molecular weight is 172 g/mol. The molecule has 13 heavy (non-hydrogen) atoms. The first-order chi connectivity index (χ1) is 6.40. The van der Waals surface area contributed by atoms with Crippen LogP contribution in [-0.2, 0) is 6.54 Å². The van der Waals surface area contributed by atoms with Crippen molar-refractivity contribution in [2.24, 2.45) is 5.73 Å². The van der Waals surface area contributed by atoms with E-state index in [4.69, 9.17) is 10.2 Å². The Labute approximate surface area is 77.0 Å². The van der Waals surface area contributed by atoms with Gasteiger partial charge < -0.3 is 10.2 Å². The Bertz CT molecular complexity index is 361. The third kappa shape index (κ3) is 1.63. The van der Waals surface area contributed by atoms with Gasteiger partial charge in [0, 0.05) is 18.2 Å². The summed E-state index contributed by atoms with van der Waals surface area (Å²) in [6.45, 7) is 0.579. The van der Waals surface area contributed by atoms with Crippen LogP contribution in [0.4, 0.5) is 0 Å². The van der Waals surface area contributed by atoms with Gasteiger partial charge in [-0.1, -0.05) is 24.3 Å². The molecule has 0 saturated carbocycles. The summed E-state index contributed by atoms with van der Waals surface area (Å²) in [5.41, 5.74) is 8.70. The lowest BCUT2D eigenvalue weighted by atomic mass is 10.1. The van der Waals surface area contributed by atoms with Gasteiger partial charge in [0.25, 0.3) is 0 Å². The van der Waals surface area contributed by atoms with Crippen LogP contribution in [0.1, 0.15) is 5.56 Å². The summed E-state index contributed by atoms with van der Waals surface area (Å²) in [6.07, 6.45) is 3.23. The Morgan fingerprint density at radius 1 is 1.23 bits per heavy atom. The molecule has 0 saturated heterocycles. The zero-order valence-corrected chi connectivity index (χ0v) is 7.16. The number of hydrogen-bond donors (Lipinski definition) is 1. The Balaban J connectivity index is 2.33. The fourth-order valence-corrected chi connectivity index (χ4v) is 1.21. The van der Waals surface area contributed by atoms with Crippen LogP contribution in [0.3, 0.4) is 0 Å². The molecule has 2 aromatic rings. The number of nitrogens with two attached hydrogens (primary N) is 1. The predicted molar refractivity (Wildman–Crippen MR) is 50.9 cm³/mol. The largest absolute Gasteiger partial charge is 0.471 e. The van der Waals surface area contributed by atoms with Gasteiger partial charge in [0.1, 0.15) is 0 Å². The maximum atomic E-state index is 5.49. The lowest BCUT2D eigenvalue weighted by Crippen LogP contribution is -1.94. The topological polar surface area (TPSA) is 39.2 Å². The van der Waals surface area contributed by atoms with Gasteiger partial charge in [-0.2, -0.15) is 0 Å². The molecule has 0 spiro atoms. The minimum atomic E-state index is 0.579. The molecule has 0 bridgehead atoms. The van der Waals surface area contributed by atoms with E-state index >= 15 is 0 Å². The molecule has 2 nitrogen and oxygen atoms in total. The zero-order valence-electron chi connectivity index (χ0n) is 7.16. The van der Waals surface area contributed by atoms with E-state index in [2.05, 4.69) is 6.07 Å². The second kappa shape index (κ2) is 3.46. The van der Waals surface area contributed by atoms with E-state index in [1.807, 2.05) is 24.3 Å². The van der Waals surface area contributed by atoms with Crippen LogP contribution in [0.25, 0.3) is 11.1 Å². The number of benzene rings is 1. The predicted octanol–water partition coefficient (Wildman–Crippen LogP) is 2.21. The van der Waals surface area contributed by atoms with Crippen LogP contribution < -0.4 is 5.73 Å². The van der Waals surface area contributed by atoms with E-state index < -0.39 is 0 Å². The molecule has 0 atom stereocenters. The molecule has 1 aromatic heterocycles. The minimum absolute atomic E-state index is 0.579. The van der Waals surface area contributed by atoms with Crippen molar-refractivity contribution in [1.82, 2.24) is 0 Å². The van der Waals surface area contributed by atoms with E-state index in [9.17, 15) is 0 Å². The van der Waals surface area contributed by atoms with Gasteiger partial charge in [-0.25, -0.2) is 0 Å². The van der Waals surface area contributed by atoms with E-state index in [0.717, 1.165) is 16.7 Å². The lowest BCUT2D eigenvalue weighted by Gasteiger charge is -1.98. The summed E-state index contributed by atoms with van der Waals surface area (Å²) < 4.78 is 4.95. The first-order valence-electron chi connectivity index (χ1n) is 4.13. The van der Waals surface area contributed by atoms with Gasteiger partial charge in [0.2, 0.25) is 0 Å². The van der Waals surface area contributed by atoms with Gasteiger partial charge >= 0.3 is 0 Å². The fourth-order valence-electron chi connectivity index (χ4n) is 1.21. The molecule has 2 rings (SSSR count). The molecule has 0 fully saturated rings. The van der Waals surface area contributed by atoms with Crippen LogP contribution in [-0.4, -0.2) is 0 Å². The molecule has 1 heterocycles. The van der Waals surface area contributed by atoms with Crippen LogP contribution in [0.15, 0.2) is 41.2 Å². The molecule has 65 valence electrons. The molecule has 0 aliphatic heterocycles. The van der Waals surface area contributed by atoms with Crippen molar-refractivity contribution < 1.29 is 4.42 Å². The summed E-state index contributed by atoms with van der Waals surface area (Å²) in [5.74, 6) is 0. The molecular weight excluding hydrogens is 162 g/mol. The maximum Gasteiger partial charge on any atom is 0.0988 e. The summed E-state index contributed by atoms with van der Waals surface area (Å²) in [6, 6.07) is 11.0. The normalized spacial score (nSPS) is 10.2. The molecule has 0 aliphatic carbocycles. The molecular formula is C11H10NO. The van der Waals surface area contributed by atoms with Gasteiger partial charge in [0.05, 0.1) is 12.5 Å². The second-order valence-corrected chi connectivity index (χ2v) is 2.83. The standard InChI is InChI=1S/C11H10NO/c12-7-9-1-3-10(4-2-9)11-5-6-13-8-11/h1-4,6,8H,7,12H2. The molecule has 2 heteroatoms. The smallest absolute Gasteiger partial charge is 0.0988 e. The number of furan rings is 1. The monoisotopic (exact) mass is 172 g/mol. The molecule has 0 amide bonds. The first kappa shape index (κ1) is 8.08. The lowest BCUT2D eigenvalue weighted by molar-refractivity contribution is 0.567. The van der Waals surface area contributed by atoms with E-state index in [1.165, 1.54) is 0 Å². The van der Waals surface area contributed by atoms with E-state index in [0.29, 0.717) is 6.54 Å². The van der Waals surface area contributed by atoms with Gasteiger partial charge in [-0.15, -0.1) is 0 Å². The van der Waals surface area contributed by atoms with Crippen LogP contribution in [0.2, 0.25) is 0 Å². The molecule has 0 aliphatic rings. The molecule has 1 radical (unpaired) electrons. The SMILES string of the molecule is NCc1ccc(-c2[c]coc2)cc1. The van der Waals surface area contributed by atoms with Crippen molar-refractivity contribution in [1.29, 1.82) is 0 Å². The Kier molecular flexibility index (Phi) is 2.15. The van der Waals surface area contributed by atoms with Crippen molar-refractivity contribution in [2.75, 3.05) is 0 Å². The summed E-state index contributed by atoms with van der Waals surface area (Å²) >= 11 is 0. The van der Waals surface area contributed by atoms with Gasteiger partial charge in [-0.05, 0) is 11.1 Å². The van der Waals surface area contributed by atoms with Crippen molar-refractivity contribution in [3.8, 4) is 11.1 Å². The Morgan fingerprint density at radius 3 is 2.54 bits per heavy atom. The molecule has 2 N–H and O–H groups in total. The van der Waals surface area contributed by atoms with Crippen molar-refractivity contribution in [3.05, 3.63) is 48.4 Å². The van der Waals surface area contributed by atoms with Crippen LogP contribution in [0, 0.1) is 6.07 Å². The highest BCUT2D eigenvalue weighted by atomic mass is 16.3. The maximum absolute atomic E-state index is 5.49. The highest BCUT2D eigenvalue weighted by Crippen LogP contribution is 2.19. The van der Waals surface area contributed by atoms with E-state index in [-0.39, 0.29) is 0 Å². The Morgan fingerprint density at radius 2 is 2.00 bits per heavy atom. The first-order valence-corrected chi connectivity index (χ1v) is 4.13.